The Morgan fingerprint density at radius 2 is 1.88 bits per heavy atom. The highest BCUT2D eigenvalue weighted by atomic mass is 16.8. The molecule has 0 bridgehead atoms. The molecule has 2 heterocycles. The van der Waals surface area contributed by atoms with Gasteiger partial charge in [-0.15, -0.1) is 6.58 Å². The van der Waals surface area contributed by atoms with Crippen LogP contribution in [0.2, 0.25) is 0 Å². The molecular formula is C23H25N3O6. The number of hydrogen-bond acceptors (Lipinski definition) is 7. The zero-order valence-electron chi connectivity index (χ0n) is 17.7. The van der Waals surface area contributed by atoms with E-state index >= 15 is 0 Å². The lowest BCUT2D eigenvalue weighted by Crippen LogP contribution is -2.63. The molecule has 9 nitrogen and oxygen atoms in total. The van der Waals surface area contributed by atoms with Crippen LogP contribution in [-0.4, -0.2) is 51.0 Å². The molecule has 0 saturated carbocycles. The van der Waals surface area contributed by atoms with Crippen molar-refractivity contribution >= 4 is 0 Å². The molecule has 2 aromatic rings. The molecule has 0 spiro atoms. The second-order valence-electron chi connectivity index (χ2n) is 7.30. The second-order valence-corrected chi connectivity index (χ2v) is 7.30. The molecule has 4 rings (SSSR count). The number of methoxy groups -OCH3 is 1. The van der Waals surface area contributed by atoms with Crippen LogP contribution in [0.15, 0.2) is 72.4 Å². The van der Waals surface area contributed by atoms with Gasteiger partial charge in [0.05, 0.1) is 20.3 Å². The Kier molecular flexibility index (Phi) is 7.26. The van der Waals surface area contributed by atoms with Crippen molar-refractivity contribution in [3.8, 4) is 11.5 Å². The van der Waals surface area contributed by atoms with Crippen LogP contribution in [0.1, 0.15) is 11.9 Å². The van der Waals surface area contributed by atoms with Gasteiger partial charge in [0, 0.05) is 10.5 Å². The highest BCUT2D eigenvalue weighted by molar-refractivity contribution is 5.31. The van der Waals surface area contributed by atoms with Crippen molar-refractivity contribution in [3.63, 3.8) is 0 Å². The van der Waals surface area contributed by atoms with Crippen LogP contribution in [0.3, 0.4) is 0 Å². The van der Waals surface area contributed by atoms with Gasteiger partial charge in [0.2, 0.25) is 6.29 Å². The Hall–Kier alpha value is -3.07. The van der Waals surface area contributed by atoms with E-state index in [1.807, 2.05) is 30.3 Å². The highest BCUT2D eigenvalue weighted by Gasteiger charge is 2.51. The van der Waals surface area contributed by atoms with E-state index in [4.69, 9.17) is 28.4 Å². The van der Waals surface area contributed by atoms with Gasteiger partial charge in [-0.05, 0) is 29.8 Å². The van der Waals surface area contributed by atoms with Crippen molar-refractivity contribution in [2.75, 3.05) is 20.3 Å². The lowest BCUT2D eigenvalue weighted by molar-refractivity contribution is -0.335. The van der Waals surface area contributed by atoms with E-state index in [-0.39, 0.29) is 13.2 Å². The van der Waals surface area contributed by atoms with E-state index < -0.39 is 36.9 Å². The minimum Gasteiger partial charge on any atom is -0.497 e. The number of fused-ring (bicyclic) bond motifs is 1. The molecule has 168 valence electrons. The predicted octanol–water partition coefficient (Wildman–Crippen LogP) is 4.16. The topological polar surface area (TPSA) is 104 Å². The van der Waals surface area contributed by atoms with Crippen LogP contribution < -0.4 is 9.47 Å². The molecule has 0 amide bonds. The first kappa shape index (κ1) is 22.1. The standard InChI is InChI=1S/C23H25N3O6/c1-3-13-28-21-19(25-26-24)23(30-17-11-9-16(27-2)10-12-17)31-18-14-29-22(32-20(18)21)15-7-5-4-6-8-15/h3-12,18-23H,1,13-14H2,2H3/t18-,19-,20-,21-,22+,23-/m1/s1. The monoisotopic (exact) mass is 439 g/mol. The summed E-state index contributed by atoms with van der Waals surface area (Å²) in [6.07, 6.45) is -1.47. The SMILES string of the molecule is C=CCO[C@@H]1[C@@H](N=[N+]=[N-])[C@H](Oc2ccc(OC)cc2)O[C@@H]2CO[C@H](c3ccccc3)O[C@@H]12. The third-order valence-electron chi connectivity index (χ3n) is 5.28. The zero-order chi connectivity index (χ0) is 22.3. The van der Waals surface area contributed by atoms with Crippen LogP contribution in [0, 0.1) is 0 Å². The number of benzene rings is 2. The zero-order valence-corrected chi connectivity index (χ0v) is 17.7. The molecule has 32 heavy (non-hydrogen) atoms. The predicted molar refractivity (Wildman–Crippen MR) is 115 cm³/mol. The molecule has 2 saturated heterocycles. The summed E-state index contributed by atoms with van der Waals surface area (Å²) in [6, 6.07) is 15.9. The average Bonchev–Trinajstić information content (AvgIpc) is 2.84. The van der Waals surface area contributed by atoms with E-state index in [0.717, 1.165) is 5.56 Å². The molecule has 2 aromatic carbocycles. The molecule has 0 unspecified atom stereocenters. The second kappa shape index (κ2) is 10.5. The Labute approximate surface area is 186 Å². The van der Waals surface area contributed by atoms with E-state index in [2.05, 4.69) is 16.6 Å². The summed E-state index contributed by atoms with van der Waals surface area (Å²) in [5.74, 6) is 1.23. The smallest absolute Gasteiger partial charge is 0.211 e. The third kappa shape index (κ3) is 4.88. The minimum atomic E-state index is -0.893. The van der Waals surface area contributed by atoms with Gasteiger partial charge in [-0.1, -0.05) is 41.5 Å². The van der Waals surface area contributed by atoms with Gasteiger partial charge in [-0.2, -0.15) is 0 Å². The van der Waals surface area contributed by atoms with Gasteiger partial charge in [0.15, 0.2) is 6.29 Å². The lowest BCUT2D eigenvalue weighted by Gasteiger charge is -2.47. The molecule has 0 radical (unpaired) electrons. The molecule has 2 fully saturated rings. The van der Waals surface area contributed by atoms with Crippen molar-refractivity contribution in [2.24, 2.45) is 5.11 Å². The number of nitrogens with zero attached hydrogens (tertiary/aromatic N) is 3. The quantitative estimate of drug-likeness (QED) is 0.265. The Morgan fingerprint density at radius 3 is 2.56 bits per heavy atom. The van der Waals surface area contributed by atoms with E-state index in [0.29, 0.717) is 11.5 Å². The van der Waals surface area contributed by atoms with Gasteiger partial charge in [-0.25, -0.2) is 0 Å². The summed E-state index contributed by atoms with van der Waals surface area (Å²) >= 11 is 0. The van der Waals surface area contributed by atoms with Crippen molar-refractivity contribution in [3.05, 3.63) is 83.3 Å². The fourth-order valence-corrected chi connectivity index (χ4v) is 3.78. The minimum absolute atomic E-state index is 0.251. The summed E-state index contributed by atoms with van der Waals surface area (Å²) in [5, 5.41) is 3.94. The summed E-state index contributed by atoms with van der Waals surface area (Å²) in [6.45, 7) is 4.24. The van der Waals surface area contributed by atoms with E-state index in [1.165, 1.54) is 0 Å². The fourth-order valence-electron chi connectivity index (χ4n) is 3.78. The third-order valence-corrected chi connectivity index (χ3v) is 5.28. The first-order chi connectivity index (χ1) is 15.7. The summed E-state index contributed by atoms with van der Waals surface area (Å²) in [7, 11) is 1.59. The fraction of sp³-hybridized carbons (Fsp3) is 0.391. The van der Waals surface area contributed by atoms with Gasteiger partial charge < -0.3 is 28.4 Å². The van der Waals surface area contributed by atoms with Gasteiger partial charge >= 0.3 is 0 Å². The Morgan fingerprint density at radius 1 is 1.12 bits per heavy atom. The maximum atomic E-state index is 9.23. The maximum Gasteiger partial charge on any atom is 0.211 e. The number of ether oxygens (including phenoxy) is 6. The number of azide groups is 1. The first-order valence-corrected chi connectivity index (χ1v) is 10.3. The molecule has 9 heteroatoms. The summed E-state index contributed by atoms with van der Waals surface area (Å²) in [4.78, 5) is 3.00. The van der Waals surface area contributed by atoms with Crippen LogP contribution in [0.4, 0.5) is 0 Å². The molecule has 6 atom stereocenters. The molecule has 2 aliphatic rings. The van der Waals surface area contributed by atoms with Gasteiger partial charge in [0.25, 0.3) is 0 Å². The van der Waals surface area contributed by atoms with E-state index in [1.54, 1.807) is 37.5 Å². The average molecular weight is 439 g/mol. The normalized spacial score (nSPS) is 29.3. The largest absolute Gasteiger partial charge is 0.497 e. The van der Waals surface area contributed by atoms with E-state index in [9.17, 15) is 5.53 Å². The molecular weight excluding hydrogens is 414 g/mol. The van der Waals surface area contributed by atoms with Crippen LogP contribution >= 0.6 is 0 Å². The summed E-state index contributed by atoms with van der Waals surface area (Å²) < 4.78 is 35.5. The molecule has 0 aliphatic carbocycles. The van der Waals surface area contributed by atoms with Gasteiger partial charge in [0.1, 0.15) is 35.9 Å². The molecule has 0 N–H and O–H groups in total. The lowest BCUT2D eigenvalue weighted by atomic mass is 9.96. The maximum absolute atomic E-state index is 9.23. The first-order valence-electron chi connectivity index (χ1n) is 10.3. The van der Waals surface area contributed by atoms with Crippen molar-refractivity contribution in [1.29, 1.82) is 0 Å². The molecule has 0 aromatic heterocycles. The Balaban J connectivity index is 1.58. The summed E-state index contributed by atoms with van der Waals surface area (Å²) in [5.41, 5.74) is 10.1. The number of rotatable bonds is 8. The number of hydrogen-bond donors (Lipinski definition) is 0. The van der Waals surface area contributed by atoms with Crippen LogP contribution in [0.25, 0.3) is 10.4 Å². The van der Waals surface area contributed by atoms with Gasteiger partial charge in [-0.3, -0.25) is 0 Å². The van der Waals surface area contributed by atoms with Crippen LogP contribution in [0.5, 0.6) is 11.5 Å². The molecule has 2 aliphatic heterocycles. The Bertz CT molecular complexity index is 935. The van der Waals surface area contributed by atoms with Crippen LogP contribution in [-0.2, 0) is 18.9 Å². The highest BCUT2D eigenvalue weighted by Crippen LogP contribution is 2.37. The van der Waals surface area contributed by atoms with Crippen molar-refractivity contribution < 1.29 is 28.4 Å². The van der Waals surface area contributed by atoms with Crippen molar-refractivity contribution in [2.45, 2.75) is 36.9 Å². The van der Waals surface area contributed by atoms with Crippen molar-refractivity contribution in [1.82, 2.24) is 0 Å².